The zero-order valence-electron chi connectivity index (χ0n) is 9.25. The molecule has 0 aromatic heterocycles. The molecule has 0 aliphatic heterocycles. The summed E-state index contributed by atoms with van der Waals surface area (Å²) in [6, 6.07) is 0. The first kappa shape index (κ1) is 13.2. The van der Waals surface area contributed by atoms with E-state index in [1.165, 1.54) is 0 Å². The van der Waals surface area contributed by atoms with E-state index < -0.39 is 6.16 Å². The number of rotatable bonds is 7. The van der Waals surface area contributed by atoms with Crippen molar-refractivity contribution in [2.75, 3.05) is 19.8 Å². The van der Waals surface area contributed by atoms with Gasteiger partial charge in [-0.2, -0.15) is 0 Å². The van der Waals surface area contributed by atoms with Crippen LogP contribution in [0.3, 0.4) is 0 Å². The molecule has 4 nitrogen and oxygen atoms in total. The van der Waals surface area contributed by atoms with Crippen molar-refractivity contribution in [3.05, 3.63) is 0 Å². The molecule has 0 bridgehead atoms. The fourth-order valence-corrected chi connectivity index (χ4v) is 0.846. The predicted octanol–water partition coefficient (Wildman–Crippen LogP) is 2.36. The third kappa shape index (κ3) is 7.86. The van der Waals surface area contributed by atoms with Crippen LogP contribution in [0.5, 0.6) is 0 Å². The standard InChI is InChI=1S/C10H20O4/c1-4-6-7-12-8-9(3)14-10(11)13-5-2/h9H,4-8H2,1-3H3. The van der Waals surface area contributed by atoms with Gasteiger partial charge in [0.15, 0.2) is 0 Å². The third-order valence-electron chi connectivity index (χ3n) is 1.55. The maximum absolute atomic E-state index is 10.8. The molecule has 0 radical (unpaired) electrons. The largest absolute Gasteiger partial charge is 0.508 e. The van der Waals surface area contributed by atoms with Gasteiger partial charge in [0.25, 0.3) is 0 Å². The average Bonchev–Trinajstić information content (AvgIpc) is 2.13. The van der Waals surface area contributed by atoms with E-state index in [4.69, 9.17) is 9.47 Å². The number of carbonyl (C=O) groups excluding carboxylic acids is 1. The highest BCUT2D eigenvalue weighted by molar-refractivity contribution is 5.59. The van der Waals surface area contributed by atoms with Crippen LogP contribution >= 0.6 is 0 Å². The molecule has 4 heteroatoms. The minimum Gasteiger partial charge on any atom is -0.435 e. The van der Waals surface area contributed by atoms with Gasteiger partial charge in [0.2, 0.25) is 0 Å². The molecule has 0 N–H and O–H groups in total. The minimum absolute atomic E-state index is 0.245. The van der Waals surface area contributed by atoms with Crippen LogP contribution in [0.1, 0.15) is 33.6 Å². The minimum atomic E-state index is -0.626. The molecule has 0 amide bonds. The van der Waals surface area contributed by atoms with Crippen LogP contribution in [0.2, 0.25) is 0 Å². The van der Waals surface area contributed by atoms with E-state index in [2.05, 4.69) is 11.7 Å². The molecule has 0 rings (SSSR count). The van der Waals surface area contributed by atoms with Gasteiger partial charge in [0.05, 0.1) is 13.2 Å². The Balaban J connectivity index is 3.35. The Kier molecular flexibility index (Phi) is 8.33. The highest BCUT2D eigenvalue weighted by Crippen LogP contribution is 1.97. The Morgan fingerprint density at radius 3 is 2.64 bits per heavy atom. The van der Waals surface area contributed by atoms with Gasteiger partial charge in [-0.3, -0.25) is 0 Å². The van der Waals surface area contributed by atoms with Crippen molar-refractivity contribution in [3.63, 3.8) is 0 Å². The summed E-state index contributed by atoms with van der Waals surface area (Å²) in [5.74, 6) is 0. The van der Waals surface area contributed by atoms with Gasteiger partial charge in [0.1, 0.15) is 6.10 Å². The maximum atomic E-state index is 10.8. The summed E-state index contributed by atoms with van der Waals surface area (Å²) in [6.45, 7) is 7.10. The van der Waals surface area contributed by atoms with E-state index in [-0.39, 0.29) is 6.10 Å². The molecule has 0 aliphatic rings. The summed E-state index contributed by atoms with van der Waals surface area (Å²) >= 11 is 0. The number of hydrogen-bond donors (Lipinski definition) is 0. The van der Waals surface area contributed by atoms with Crippen molar-refractivity contribution in [1.82, 2.24) is 0 Å². The number of ether oxygens (including phenoxy) is 3. The molecule has 14 heavy (non-hydrogen) atoms. The molecule has 0 spiro atoms. The van der Waals surface area contributed by atoms with E-state index in [1.54, 1.807) is 13.8 Å². The SMILES string of the molecule is CCCCOCC(C)OC(=O)OCC. The number of carbonyl (C=O) groups is 1. The molecule has 0 heterocycles. The van der Waals surface area contributed by atoms with E-state index in [0.29, 0.717) is 19.8 Å². The lowest BCUT2D eigenvalue weighted by Crippen LogP contribution is -2.21. The summed E-state index contributed by atoms with van der Waals surface area (Å²) in [5.41, 5.74) is 0. The van der Waals surface area contributed by atoms with Crippen molar-refractivity contribution >= 4 is 6.16 Å². The second kappa shape index (κ2) is 8.81. The molecular formula is C10H20O4. The van der Waals surface area contributed by atoms with Crippen molar-refractivity contribution in [2.45, 2.75) is 39.7 Å². The molecule has 1 atom stereocenters. The highest BCUT2D eigenvalue weighted by Gasteiger charge is 2.09. The number of unbranched alkanes of at least 4 members (excludes halogenated alkanes) is 1. The first-order chi connectivity index (χ1) is 6.70. The maximum Gasteiger partial charge on any atom is 0.508 e. The summed E-state index contributed by atoms with van der Waals surface area (Å²) < 4.78 is 14.8. The fourth-order valence-electron chi connectivity index (χ4n) is 0.846. The zero-order valence-corrected chi connectivity index (χ0v) is 9.25. The van der Waals surface area contributed by atoms with Crippen LogP contribution in [0.15, 0.2) is 0 Å². The first-order valence-corrected chi connectivity index (χ1v) is 5.11. The lowest BCUT2D eigenvalue weighted by Gasteiger charge is -2.12. The second-order valence-electron chi connectivity index (χ2n) is 3.04. The normalized spacial score (nSPS) is 12.2. The van der Waals surface area contributed by atoms with Crippen LogP contribution < -0.4 is 0 Å². The summed E-state index contributed by atoms with van der Waals surface area (Å²) in [6.07, 6.45) is 1.27. The van der Waals surface area contributed by atoms with Gasteiger partial charge < -0.3 is 14.2 Å². The molecule has 1 unspecified atom stereocenters. The van der Waals surface area contributed by atoms with Crippen LogP contribution in [0, 0.1) is 0 Å². The Morgan fingerprint density at radius 2 is 2.07 bits per heavy atom. The molecule has 0 aliphatic carbocycles. The molecule has 0 aromatic rings. The first-order valence-electron chi connectivity index (χ1n) is 5.11. The van der Waals surface area contributed by atoms with Crippen molar-refractivity contribution < 1.29 is 19.0 Å². The number of hydrogen-bond acceptors (Lipinski definition) is 4. The topological polar surface area (TPSA) is 44.8 Å². The van der Waals surface area contributed by atoms with Gasteiger partial charge >= 0.3 is 6.16 Å². The molecular weight excluding hydrogens is 184 g/mol. The average molecular weight is 204 g/mol. The van der Waals surface area contributed by atoms with Crippen LogP contribution in [-0.4, -0.2) is 32.1 Å². The molecule has 0 saturated heterocycles. The Labute approximate surface area is 85.5 Å². The Bertz CT molecular complexity index is 147. The highest BCUT2D eigenvalue weighted by atomic mass is 16.7. The second-order valence-corrected chi connectivity index (χ2v) is 3.04. The van der Waals surface area contributed by atoms with E-state index in [0.717, 1.165) is 12.8 Å². The lowest BCUT2D eigenvalue weighted by molar-refractivity contribution is -0.00786. The van der Waals surface area contributed by atoms with E-state index in [9.17, 15) is 4.79 Å². The van der Waals surface area contributed by atoms with E-state index in [1.807, 2.05) is 0 Å². The van der Waals surface area contributed by atoms with Crippen LogP contribution in [0.25, 0.3) is 0 Å². The Hall–Kier alpha value is -0.770. The summed E-state index contributed by atoms with van der Waals surface area (Å²) in [5, 5.41) is 0. The quantitative estimate of drug-likeness (QED) is 0.471. The van der Waals surface area contributed by atoms with Gasteiger partial charge in [-0.05, 0) is 20.3 Å². The predicted molar refractivity (Wildman–Crippen MR) is 53.3 cm³/mol. The van der Waals surface area contributed by atoms with Crippen molar-refractivity contribution in [1.29, 1.82) is 0 Å². The van der Waals surface area contributed by atoms with E-state index >= 15 is 0 Å². The van der Waals surface area contributed by atoms with Crippen molar-refractivity contribution in [2.24, 2.45) is 0 Å². The van der Waals surface area contributed by atoms with Crippen LogP contribution in [0.4, 0.5) is 4.79 Å². The van der Waals surface area contributed by atoms with Crippen LogP contribution in [-0.2, 0) is 14.2 Å². The van der Waals surface area contributed by atoms with Gasteiger partial charge in [-0.1, -0.05) is 13.3 Å². The Morgan fingerprint density at radius 1 is 1.36 bits per heavy atom. The van der Waals surface area contributed by atoms with Gasteiger partial charge in [0, 0.05) is 6.61 Å². The fraction of sp³-hybridized carbons (Fsp3) is 0.900. The lowest BCUT2D eigenvalue weighted by atomic mass is 10.3. The smallest absolute Gasteiger partial charge is 0.435 e. The molecule has 0 aromatic carbocycles. The van der Waals surface area contributed by atoms with Gasteiger partial charge in [-0.25, -0.2) is 4.79 Å². The summed E-state index contributed by atoms with van der Waals surface area (Å²) in [4.78, 5) is 10.8. The monoisotopic (exact) mass is 204 g/mol. The molecule has 0 saturated carbocycles. The summed E-state index contributed by atoms with van der Waals surface area (Å²) in [7, 11) is 0. The zero-order chi connectivity index (χ0) is 10.8. The molecule has 84 valence electrons. The van der Waals surface area contributed by atoms with Gasteiger partial charge in [-0.15, -0.1) is 0 Å². The third-order valence-corrected chi connectivity index (χ3v) is 1.55. The van der Waals surface area contributed by atoms with Crippen molar-refractivity contribution in [3.8, 4) is 0 Å². The molecule has 0 fully saturated rings.